The summed E-state index contributed by atoms with van der Waals surface area (Å²) in [5.41, 5.74) is 1.71. The van der Waals surface area contributed by atoms with Crippen LogP contribution >= 0.6 is 0 Å². The molecule has 0 bridgehead atoms. The number of ether oxygens (including phenoxy) is 1. The molecule has 2 aromatic heterocycles. The average Bonchev–Trinajstić information content (AvgIpc) is 2.65. The van der Waals surface area contributed by atoms with Crippen LogP contribution in [0.4, 0.5) is 8.78 Å². The molecule has 0 saturated heterocycles. The van der Waals surface area contributed by atoms with Crippen LogP contribution in [0.5, 0.6) is 11.6 Å². The number of rotatable bonds is 7. The molecule has 3 aromatic rings. The van der Waals surface area contributed by atoms with Gasteiger partial charge >= 0.3 is 0 Å². The molecule has 0 aliphatic rings. The van der Waals surface area contributed by atoms with E-state index in [1.54, 1.807) is 30.9 Å². The van der Waals surface area contributed by atoms with E-state index in [1.165, 1.54) is 6.07 Å². The quantitative estimate of drug-likeness (QED) is 0.700. The average molecular weight is 356 g/mol. The second-order valence-electron chi connectivity index (χ2n) is 5.83. The van der Waals surface area contributed by atoms with Crippen molar-refractivity contribution in [3.63, 3.8) is 0 Å². The van der Waals surface area contributed by atoms with Crippen LogP contribution in [0.3, 0.4) is 0 Å². The maximum absolute atomic E-state index is 13.3. The Labute approximate surface area is 150 Å². The molecule has 1 atom stereocenters. The summed E-state index contributed by atoms with van der Waals surface area (Å²) in [6.07, 6.45) is 7.35. The van der Waals surface area contributed by atoms with Crippen molar-refractivity contribution in [1.82, 2.24) is 20.3 Å². The van der Waals surface area contributed by atoms with E-state index in [4.69, 9.17) is 4.74 Å². The third-order valence-electron chi connectivity index (χ3n) is 3.73. The number of nitrogens with one attached hydrogen (secondary N) is 1. The number of hydrogen-bond acceptors (Lipinski definition) is 5. The SMILES string of the molecule is C[C@H](Cc1cnccn1)NCc1cccnc1Oc1ccc(F)c(F)c1. The van der Waals surface area contributed by atoms with Gasteiger partial charge in [-0.25, -0.2) is 13.8 Å². The zero-order chi connectivity index (χ0) is 18.4. The minimum absolute atomic E-state index is 0.156. The normalized spacial score (nSPS) is 12.0. The molecule has 0 unspecified atom stereocenters. The number of benzene rings is 1. The van der Waals surface area contributed by atoms with E-state index in [0.717, 1.165) is 29.8 Å². The second kappa shape index (κ2) is 8.44. The number of hydrogen-bond donors (Lipinski definition) is 1. The van der Waals surface area contributed by atoms with Crippen molar-refractivity contribution in [1.29, 1.82) is 0 Å². The third-order valence-corrected chi connectivity index (χ3v) is 3.73. The van der Waals surface area contributed by atoms with E-state index in [0.29, 0.717) is 12.4 Å². The predicted molar refractivity (Wildman–Crippen MR) is 92.7 cm³/mol. The van der Waals surface area contributed by atoms with Crippen LogP contribution < -0.4 is 10.1 Å². The van der Waals surface area contributed by atoms with E-state index in [-0.39, 0.29) is 11.8 Å². The van der Waals surface area contributed by atoms with Gasteiger partial charge in [0.15, 0.2) is 11.6 Å². The standard InChI is InChI=1S/C19H18F2N4O/c1-13(9-15-12-22-7-8-23-15)25-11-14-3-2-6-24-19(14)26-16-4-5-17(20)18(21)10-16/h2-8,10,12-13,25H,9,11H2,1H3/t13-/m1/s1. The first-order valence-corrected chi connectivity index (χ1v) is 8.17. The summed E-state index contributed by atoms with van der Waals surface area (Å²) < 4.78 is 32.0. The van der Waals surface area contributed by atoms with Gasteiger partial charge in [0.2, 0.25) is 5.88 Å². The molecular formula is C19H18F2N4O. The first kappa shape index (κ1) is 17.9. The van der Waals surface area contributed by atoms with Gasteiger partial charge in [-0.3, -0.25) is 9.97 Å². The third kappa shape index (κ3) is 4.80. The second-order valence-corrected chi connectivity index (χ2v) is 5.83. The Morgan fingerprint density at radius 2 is 1.96 bits per heavy atom. The zero-order valence-corrected chi connectivity index (χ0v) is 14.2. The lowest BCUT2D eigenvalue weighted by atomic mass is 10.1. The van der Waals surface area contributed by atoms with E-state index < -0.39 is 11.6 Å². The summed E-state index contributed by atoms with van der Waals surface area (Å²) in [5.74, 6) is -1.34. The summed E-state index contributed by atoms with van der Waals surface area (Å²) in [5, 5.41) is 3.37. The molecule has 0 fully saturated rings. The molecule has 5 nitrogen and oxygen atoms in total. The highest BCUT2D eigenvalue weighted by Gasteiger charge is 2.11. The fraction of sp³-hybridized carbons (Fsp3) is 0.211. The van der Waals surface area contributed by atoms with Crippen molar-refractivity contribution >= 4 is 0 Å². The van der Waals surface area contributed by atoms with E-state index in [9.17, 15) is 8.78 Å². The first-order valence-electron chi connectivity index (χ1n) is 8.17. The highest BCUT2D eigenvalue weighted by atomic mass is 19.2. The van der Waals surface area contributed by atoms with Gasteiger partial charge < -0.3 is 10.1 Å². The molecule has 26 heavy (non-hydrogen) atoms. The topological polar surface area (TPSA) is 59.9 Å². The summed E-state index contributed by atoms with van der Waals surface area (Å²) in [4.78, 5) is 12.5. The van der Waals surface area contributed by atoms with Gasteiger partial charge in [-0.1, -0.05) is 6.07 Å². The molecule has 1 aromatic carbocycles. The minimum Gasteiger partial charge on any atom is -0.439 e. The van der Waals surface area contributed by atoms with E-state index in [2.05, 4.69) is 20.3 Å². The molecule has 7 heteroatoms. The fourth-order valence-corrected chi connectivity index (χ4v) is 2.41. The van der Waals surface area contributed by atoms with Gasteiger partial charge in [0.05, 0.1) is 5.69 Å². The van der Waals surface area contributed by atoms with Gasteiger partial charge in [-0.15, -0.1) is 0 Å². The van der Waals surface area contributed by atoms with Crippen molar-refractivity contribution < 1.29 is 13.5 Å². The highest BCUT2D eigenvalue weighted by molar-refractivity contribution is 5.32. The van der Waals surface area contributed by atoms with Gasteiger partial charge in [0.25, 0.3) is 0 Å². The smallest absolute Gasteiger partial charge is 0.223 e. The van der Waals surface area contributed by atoms with Crippen molar-refractivity contribution in [3.05, 3.63) is 78.0 Å². The number of halogens is 2. The summed E-state index contributed by atoms with van der Waals surface area (Å²) >= 11 is 0. The van der Waals surface area contributed by atoms with Gasteiger partial charge in [0.1, 0.15) is 5.75 Å². The molecule has 0 aliphatic heterocycles. The maximum atomic E-state index is 13.3. The summed E-state index contributed by atoms with van der Waals surface area (Å²) in [6, 6.07) is 7.20. The Morgan fingerprint density at radius 3 is 2.73 bits per heavy atom. The van der Waals surface area contributed by atoms with Gasteiger partial charge in [-0.05, 0) is 25.1 Å². The Morgan fingerprint density at radius 1 is 1.08 bits per heavy atom. The van der Waals surface area contributed by atoms with E-state index >= 15 is 0 Å². The molecular weight excluding hydrogens is 338 g/mol. The Kier molecular flexibility index (Phi) is 5.80. The Hall–Kier alpha value is -2.93. The molecule has 0 spiro atoms. The fourth-order valence-electron chi connectivity index (χ4n) is 2.41. The van der Waals surface area contributed by atoms with Crippen LogP contribution in [0, 0.1) is 11.6 Å². The largest absolute Gasteiger partial charge is 0.439 e. The minimum atomic E-state index is -0.962. The lowest BCUT2D eigenvalue weighted by molar-refractivity contribution is 0.436. The van der Waals surface area contributed by atoms with Crippen LogP contribution in [-0.2, 0) is 13.0 Å². The van der Waals surface area contributed by atoms with Crippen molar-refractivity contribution in [2.24, 2.45) is 0 Å². The predicted octanol–water partition coefficient (Wildman–Crippen LogP) is 3.66. The number of aromatic nitrogens is 3. The molecule has 0 aliphatic carbocycles. The lowest BCUT2D eigenvalue weighted by Crippen LogP contribution is -2.28. The summed E-state index contributed by atoms with van der Waals surface area (Å²) in [7, 11) is 0. The highest BCUT2D eigenvalue weighted by Crippen LogP contribution is 2.24. The molecule has 2 heterocycles. The van der Waals surface area contributed by atoms with Gasteiger partial charge in [-0.2, -0.15) is 0 Å². The lowest BCUT2D eigenvalue weighted by Gasteiger charge is -2.15. The Bertz CT molecular complexity index is 861. The van der Waals surface area contributed by atoms with Crippen LogP contribution in [0.25, 0.3) is 0 Å². The maximum Gasteiger partial charge on any atom is 0.223 e. The summed E-state index contributed by atoms with van der Waals surface area (Å²) in [6.45, 7) is 2.55. The zero-order valence-electron chi connectivity index (χ0n) is 14.2. The number of pyridine rings is 1. The van der Waals surface area contributed by atoms with Crippen molar-refractivity contribution in [2.45, 2.75) is 25.9 Å². The molecule has 1 N–H and O–H groups in total. The van der Waals surface area contributed by atoms with Crippen LogP contribution in [0.15, 0.2) is 55.1 Å². The van der Waals surface area contributed by atoms with Crippen LogP contribution in [-0.4, -0.2) is 21.0 Å². The van der Waals surface area contributed by atoms with Crippen LogP contribution in [0.1, 0.15) is 18.2 Å². The van der Waals surface area contributed by atoms with E-state index in [1.807, 2.05) is 13.0 Å². The molecule has 3 rings (SSSR count). The molecule has 0 amide bonds. The van der Waals surface area contributed by atoms with Crippen LogP contribution in [0.2, 0.25) is 0 Å². The van der Waals surface area contributed by atoms with Crippen molar-refractivity contribution in [3.8, 4) is 11.6 Å². The molecule has 0 saturated carbocycles. The first-order chi connectivity index (χ1) is 12.6. The van der Waals surface area contributed by atoms with Crippen molar-refractivity contribution in [2.75, 3.05) is 0 Å². The molecule has 134 valence electrons. The van der Waals surface area contributed by atoms with Gasteiger partial charge in [0, 0.05) is 55.4 Å². The number of nitrogens with zero attached hydrogens (tertiary/aromatic N) is 3. The monoisotopic (exact) mass is 356 g/mol. The molecule has 0 radical (unpaired) electrons. The Balaban J connectivity index is 1.64.